The van der Waals surface area contributed by atoms with Crippen molar-refractivity contribution < 1.29 is 22.0 Å². The topological polar surface area (TPSA) is 66.5 Å². The summed E-state index contributed by atoms with van der Waals surface area (Å²) in [5.41, 5.74) is -0.280. The van der Waals surface area contributed by atoms with E-state index in [0.29, 0.717) is 12.6 Å². The molecule has 1 heterocycles. The standard InChI is InChI=1S/C23H25ClF2N2O3S/c1-22(2)20-8-5-9-23(22,3)13-28(20)32(30,31)15-7-4-6-14(10-15)27-21(29)16-11-18(25)19(26)12-17(16)24/h4,6-7,10-12,20H,5,8-9,13H2,1-3H3,(H,27,29)/t20-,23+/m0/s1. The highest BCUT2D eigenvalue weighted by Gasteiger charge is 2.60. The van der Waals surface area contributed by atoms with Crippen LogP contribution < -0.4 is 5.32 Å². The molecule has 1 saturated heterocycles. The Morgan fingerprint density at radius 1 is 1.16 bits per heavy atom. The van der Waals surface area contributed by atoms with E-state index in [-0.39, 0.29) is 38.0 Å². The third-order valence-electron chi connectivity index (χ3n) is 7.40. The quantitative estimate of drug-likeness (QED) is 0.588. The first-order valence-electron chi connectivity index (χ1n) is 10.4. The monoisotopic (exact) mass is 482 g/mol. The summed E-state index contributed by atoms with van der Waals surface area (Å²) in [4.78, 5) is 12.6. The molecule has 4 rings (SSSR count). The van der Waals surface area contributed by atoms with Gasteiger partial charge in [0.25, 0.3) is 5.91 Å². The van der Waals surface area contributed by atoms with Crippen LogP contribution in [0.15, 0.2) is 41.3 Å². The lowest BCUT2D eigenvalue weighted by atomic mass is 9.60. The number of fused-ring (bicyclic) bond motifs is 2. The normalized spacial score (nSPS) is 25.0. The van der Waals surface area contributed by atoms with Gasteiger partial charge in [-0.3, -0.25) is 4.79 Å². The Balaban J connectivity index is 1.62. The molecule has 9 heteroatoms. The number of sulfonamides is 1. The van der Waals surface area contributed by atoms with Crippen LogP contribution in [0.3, 0.4) is 0 Å². The maximum absolute atomic E-state index is 13.6. The third kappa shape index (κ3) is 3.62. The molecule has 1 aliphatic heterocycles. The van der Waals surface area contributed by atoms with Crippen LogP contribution in [0.25, 0.3) is 0 Å². The van der Waals surface area contributed by atoms with E-state index in [2.05, 4.69) is 26.1 Å². The highest BCUT2D eigenvalue weighted by molar-refractivity contribution is 7.89. The Labute approximate surface area is 191 Å². The molecule has 0 radical (unpaired) electrons. The maximum Gasteiger partial charge on any atom is 0.257 e. The number of anilines is 1. The van der Waals surface area contributed by atoms with Crippen molar-refractivity contribution in [3.8, 4) is 0 Å². The molecule has 172 valence electrons. The van der Waals surface area contributed by atoms with Crippen LogP contribution in [0, 0.1) is 22.5 Å². The second kappa shape index (κ2) is 7.78. The summed E-state index contributed by atoms with van der Waals surface area (Å²) in [5.74, 6) is -3.13. The summed E-state index contributed by atoms with van der Waals surface area (Å²) < 4.78 is 55.6. The molecule has 32 heavy (non-hydrogen) atoms. The van der Waals surface area contributed by atoms with Crippen LogP contribution in [0.5, 0.6) is 0 Å². The minimum Gasteiger partial charge on any atom is -0.322 e. The molecule has 0 aromatic heterocycles. The Morgan fingerprint density at radius 2 is 1.84 bits per heavy atom. The molecule has 2 aliphatic rings. The predicted octanol–water partition coefficient (Wildman–Crippen LogP) is 5.46. The van der Waals surface area contributed by atoms with Crippen LogP contribution in [0.4, 0.5) is 14.5 Å². The van der Waals surface area contributed by atoms with Crippen molar-refractivity contribution in [3.05, 3.63) is 58.6 Å². The average Bonchev–Trinajstić information content (AvgIpc) is 2.84. The molecule has 1 aliphatic carbocycles. The van der Waals surface area contributed by atoms with Gasteiger partial charge in [-0.25, -0.2) is 17.2 Å². The molecule has 5 nitrogen and oxygen atoms in total. The van der Waals surface area contributed by atoms with Crippen molar-refractivity contribution >= 4 is 33.2 Å². The van der Waals surface area contributed by atoms with Gasteiger partial charge in [-0.2, -0.15) is 4.31 Å². The second-order valence-electron chi connectivity index (χ2n) is 9.47. The number of benzene rings is 2. The first-order chi connectivity index (χ1) is 14.9. The van der Waals surface area contributed by atoms with Crippen LogP contribution >= 0.6 is 11.6 Å². The zero-order chi connectivity index (χ0) is 23.5. The van der Waals surface area contributed by atoms with E-state index in [0.717, 1.165) is 25.3 Å². The summed E-state index contributed by atoms with van der Waals surface area (Å²) in [7, 11) is -3.80. The molecule has 0 spiro atoms. The van der Waals surface area contributed by atoms with Crippen LogP contribution in [-0.4, -0.2) is 31.2 Å². The van der Waals surface area contributed by atoms with Gasteiger partial charge < -0.3 is 5.32 Å². The van der Waals surface area contributed by atoms with Crippen LogP contribution in [0.1, 0.15) is 50.4 Å². The number of hydrogen-bond donors (Lipinski definition) is 1. The summed E-state index contributed by atoms with van der Waals surface area (Å²) >= 11 is 5.87. The van der Waals surface area contributed by atoms with E-state index >= 15 is 0 Å². The van der Waals surface area contributed by atoms with Crippen molar-refractivity contribution in [2.75, 3.05) is 11.9 Å². The number of rotatable bonds is 4. The predicted molar refractivity (Wildman–Crippen MR) is 119 cm³/mol. The molecule has 2 atom stereocenters. The van der Waals surface area contributed by atoms with Crippen LogP contribution in [0.2, 0.25) is 5.02 Å². The Hall–Kier alpha value is -2.03. The van der Waals surface area contributed by atoms with Crippen molar-refractivity contribution in [2.45, 2.75) is 51.0 Å². The zero-order valence-electron chi connectivity index (χ0n) is 18.1. The van der Waals surface area contributed by atoms with E-state index in [4.69, 9.17) is 11.6 Å². The zero-order valence-corrected chi connectivity index (χ0v) is 19.7. The molecule has 2 fully saturated rings. The Kier molecular flexibility index (Phi) is 5.63. The number of hydrogen-bond acceptors (Lipinski definition) is 3. The lowest BCUT2D eigenvalue weighted by molar-refractivity contribution is 0.0722. The average molecular weight is 483 g/mol. The molecular formula is C23H25ClF2N2O3S. The van der Waals surface area contributed by atoms with Crippen molar-refractivity contribution in [1.29, 1.82) is 0 Å². The van der Waals surface area contributed by atoms with E-state index < -0.39 is 27.6 Å². The SMILES string of the molecule is CC1(C)[C@@H]2CCC[C@]1(C)CN2S(=O)(=O)c1cccc(NC(=O)c2cc(F)c(F)cc2Cl)c1. The first kappa shape index (κ1) is 23.1. The highest BCUT2D eigenvalue weighted by atomic mass is 35.5. The molecular weight excluding hydrogens is 458 g/mol. The highest BCUT2D eigenvalue weighted by Crippen LogP contribution is 2.58. The number of halogens is 3. The van der Waals surface area contributed by atoms with Gasteiger partial charge >= 0.3 is 0 Å². The second-order valence-corrected chi connectivity index (χ2v) is 11.8. The number of amides is 1. The lowest BCUT2D eigenvalue weighted by Gasteiger charge is -2.44. The van der Waals surface area contributed by atoms with Gasteiger partial charge in [0.2, 0.25) is 10.0 Å². The van der Waals surface area contributed by atoms with Gasteiger partial charge in [-0.15, -0.1) is 0 Å². The number of nitrogens with zero attached hydrogens (tertiary/aromatic N) is 1. The minimum atomic E-state index is -3.80. The van der Waals surface area contributed by atoms with Gasteiger partial charge in [0.15, 0.2) is 11.6 Å². The van der Waals surface area contributed by atoms with E-state index in [1.807, 2.05) is 0 Å². The summed E-state index contributed by atoms with van der Waals surface area (Å²) in [6.07, 6.45) is 2.78. The fraction of sp³-hybridized carbons (Fsp3) is 0.435. The van der Waals surface area contributed by atoms with E-state index in [9.17, 15) is 22.0 Å². The van der Waals surface area contributed by atoms with Gasteiger partial charge in [-0.1, -0.05) is 44.9 Å². The molecule has 0 unspecified atom stereocenters. The molecule has 1 saturated carbocycles. The minimum absolute atomic E-state index is 0.0682. The molecule has 1 amide bonds. The van der Waals surface area contributed by atoms with Gasteiger partial charge in [-0.05, 0) is 54.0 Å². The Morgan fingerprint density at radius 3 is 2.53 bits per heavy atom. The van der Waals surface area contributed by atoms with E-state index in [1.165, 1.54) is 24.3 Å². The van der Waals surface area contributed by atoms with Crippen molar-refractivity contribution in [1.82, 2.24) is 4.31 Å². The number of carbonyl (C=O) groups is 1. The molecule has 2 bridgehead atoms. The van der Waals surface area contributed by atoms with Crippen molar-refractivity contribution in [2.24, 2.45) is 10.8 Å². The lowest BCUT2D eigenvalue weighted by Crippen LogP contribution is -2.44. The van der Waals surface area contributed by atoms with Crippen LogP contribution in [-0.2, 0) is 10.0 Å². The summed E-state index contributed by atoms with van der Waals surface area (Å²) in [6, 6.07) is 7.26. The summed E-state index contributed by atoms with van der Waals surface area (Å²) in [6.45, 7) is 6.87. The third-order valence-corrected chi connectivity index (χ3v) is 9.56. The molecule has 2 aromatic rings. The first-order valence-corrected chi connectivity index (χ1v) is 12.3. The summed E-state index contributed by atoms with van der Waals surface area (Å²) in [5, 5.41) is 2.28. The van der Waals surface area contributed by atoms with Gasteiger partial charge in [0.05, 0.1) is 15.5 Å². The largest absolute Gasteiger partial charge is 0.322 e. The van der Waals surface area contributed by atoms with E-state index in [1.54, 1.807) is 4.31 Å². The molecule has 2 aromatic carbocycles. The number of carbonyl (C=O) groups excluding carboxylic acids is 1. The van der Waals surface area contributed by atoms with Gasteiger partial charge in [0, 0.05) is 18.3 Å². The fourth-order valence-corrected chi connectivity index (χ4v) is 7.22. The Bertz CT molecular complexity index is 1200. The smallest absolute Gasteiger partial charge is 0.257 e. The maximum atomic E-state index is 13.6. The fourth-order valence-electron chi connectivity index (χ4n) is 5.03. The van der Waals surface area contributed by atoms with Gasteiger partial charge in [0.1, 0.15) is 0 Å². The molecule has 1 N–H and O–H groups in total. The number of nitrogens with one attached hydrogen (secondary N) is 1. The van der Waals surface area contributed by atoms with Crippen molar-refractivity contribution in [3.63, 3.8) is 0 Å².